The molecular formula is C26H38N4O2. The lowest BCUT2D eigenvalue weighted by Gasteiger charge is -2.55. The predicted octanol–water partition coefficient (Wildman–Crippen LogP) is 2.42. The first-order valence-electron chi connectivity index (χ1n) is 12.5. The zero-order valence-electron chi connectivity index (χ0n) is 19.4. The Morgan fingerprint density at radius 1 is 0.969 bits per heavy atom. The summed E-state index contributed by atoms with van der Waals surface area (Å²) in [5.41, 5.74) is 0.917. The highest BCUT2D eigenvalue weighted by molar-refractivity contribution is 5.88. The van der Waals surface area contributed by atoms with Crippen LogP contribution in [0.5, 0.6) is 0 Å². The van der Waals surface area contributed by atoms with Gasteiger partial charge in [-0.25, -0.2) is 0 Å². The summed E-state index contributed by atoms with van der Waals surface area (Å²) in [5.74, 6) is 2.22. The summed E-state index contributed by atoms with van der Waals surface area (Å²) in [7, 11) is 2.15. The fraction of sp³-hybridized carbons (Fsp3) is 0.692. The van der Waals surface area contributed by atoms with E-state index >= 15 is 0 Å². The van der Waals surface area contributed by atoms with Crippen LogP contribution in [0.2, 0.25) is 0 Å². The van der Waals surface area contributed by atoms with E-state index < -0.39 is 0 Å². The van der Waals surface area contributed by atoms with E-state index in [1.165, 1.54) is 19.3 Å². The summed E-state index contributed by atoms with van der Waals surface area (Å²) < 4.78 is 0. The molecular weight excluding hydrogens is 400 g/mol. The molecule has 0 spiro atoms. The molecule has 1 aromatic carbocycles. The van der Waals surface area contributed by atoms with Crippen LogP contribution in [-0.2, 0) is 9.59 Å². The molecule has 0 aromatic heterocycles. The molecule has 1 aliphatic heterocycles. The number of hydrogen-bond acceptors (Lipinski definition) is 4. The van der Waals surface area contributed by atoms with Crippen LogP contribution in [0.25, 0.3) is 0 Å². The molecule has 2 N–H and O–H groups in total. The Balaban J connectivity index is 1.18. The van der Waals surface area contributed by atoms with Gasteiger partial charge < -0.3 is 15.5 Å². The Morgan fingerprint density at radius 3 is 2.16 bits per heavy atom. The molecule has 1 saturated heterocycles. The minimum atomic E-state index is -0.201. The number of amides is 2. The molecule has 1 aromatic rings. The molecule has 5 aliphatic rings. The van der Waals surface area contributed by atoms with Gasteiger partial charge in [0.15, 0.2) is 0 Å². The number of hydrogen-bond donors (Lipinski definition) is 2. The van der Waals surface area contributed by atoms with Gasteiger partial charge in [0.1, 0.15) is 0 Å². The van der Waals surface area contributed by atoms with E-state index in [1.807, 2.05) is 18.2 Å². The SMILES string of the molecule is CN1CCN(CC(NC(=O)CNC(=O)C23CC4CC(CC(C4)C2)C3)c2ccccc2)CC1. The molecule has 174 valence electrons. The second-order valence-corrected chi connectivity index (χ2v) is 11.0. The van der Waals surface area contributed by atoms with E-state index in [0.29, 0.717) is 0 Å². The molecule has 6 nitrogen and oxygen atoms in total. The summed E-state index contributed by atoms with van der Waals surface area (Å²) in [6.45, 7) is 5.00. The van der Waals surface area contributed by atoms with Crippen molar-refractivity contribution in [2.24, 2.45) is 23.2 Å². The number of carbonyl (C=O) groups excluding carboxylic acids is 2. The van der Waals surface area contributed by atoms with Gasteiger partial charge in [0.25, 0.3) is 0 Å². The van der Waals surface area contributed by atoms with Gasteiger partial charge in [-0.3, -0.25) is 14.5 Å². The number of rotatable bonds is 7. The molecule has 1 atom stereocenters. The Bertz CT molecular complexity index is 783. The molecule has 4 bridgehead atoms. The van der Waals surface area contributed by atoms with Crippen LogP contribution in [0.3, 0.4) is 0 Å². The average Bonchev–Trinajstić information content (AvgIpc) is 2.78. The van der Waals surface area contributed by atoms with Gasteiger partial charge in [0.05, 0.1) is 12.6 Å². The third-order valence-electron chi connectivity index (χ3n) is 8.50. The molecule has 4 saturated carbocycles. The van der Waals surface area contributed by atoms with Gasteiger partial charge >= 0.3 is 0 Å². The minimum absolute atomic E-state index is 0.0662. The summed E-state index contributed by atoms with van der Waals surface area (Å²) in [4.78, 5) is 30.9. The molecule has 0 radical (unpaired) electrons. The highest BCUT2D eigenvalue weighted by atomic mass is 16.2. The topological polar surface area (TPSA) is 64.7 Å². The van der Waals surface area contributed by atoms with Crippen molar-refractivity contribution in [2.45, 2.75) is 44.6 Å². The van der Waals surface area contributed by atoms with Crippen LogP contribution in [0.4, 0.5) is 0 Å². The number of benzene rings is 1. The second kappa shape index (κ2) is 9.14. The smallest absolute Gasteiger partial charge is 0.239 e. The number of nitrogens with one attached hydrogen (secondary N) is 2. The van der Waals surface area contributed by atoms with Gasteiger partial charge in [-0.2, -0.15) is 0 Å². The number of likely N-dealkylation sites (N-methyl/N-ethyl adjacent to an activating group) is 1. The van der Waals surface area contributed by atoms with Crippen molar-refractivity contribution in [3.8, 4) is 0 Å². The summed E-state index contributed by atoms with van der Waals surface area (Å²) in [6, 6.07) is 10.1. The Hall–Kier alpha value is -1.92. The zero-order chi connectivity index (χ0) is 22.1. The van der Waals surface area contributed by atoms with Gasteiger partial charge in [-0.15, -0.1) is 0 Å². The first-order chi connectivity index (χ1) is 15.5. The molecule has 1 unspecified atom stereocenters. The van der Waals surface area contributed by atoms with Crippen molar-refractivity contribution >= 4 is 11.8 Å². The predicted molar refractivity (Wildman–Crippen MR) is 125 cm³/mol. The van der Waals surface area contributed by atoms with Crippen LogP contribution < -0.4 is 10.6 Å². The lowest BCUT2D eigenvalue weighted by molar-refractivity contribution is -0.147. The number of nitrogens with zero attached hydrogens (tertiary/aromatic N) is 2. The second-order valence-electron chi connectivity index (χ2n) is 11.0. The van der Waals surface area contributed by atoms with E-state index in [1.54, 1.807) is 0 Å². The van der Waals surface area contributed by atoms with E-state index in [4.69, 9.17) is 0 Å². The molecule has 4 aliphatic carbocycles. The fourth-order valence-corrected chi connectivity index (χ4v) is 7.19. The van der Waals surface area contributed by atoms with E-state index in [-0.39, 0.29) is 29.8 Å². The summed E-state index contributed by atoms with van der Waals surface area (Å²) >= 11 is 0. The highest BCUT2D eigenvalue weighted by Gasteiger charge is 2.54. The van der Waals surface area contributed by atoms with Crippen molar-refractivity contribution in [1.29, 1.82) is 0 Å². The first kappa shape index (κ1) is 21.9. The quantitative estimate of drug-likeness (QED) is 0.686. The van der Waals surface area contributed by atoms with Crippen molar-refractivity contribution < 1.29 is 9.59 Å². The van der Waals surface area contributed by atoms with Crippen LogP contribution in [0.15, 0.2) is 30.3 Å². The van der Waals surface area contributed by atoms with E-state index in [9.17, 15) is 9.59 Å². The van der Waals surface area contributed by atoms with E-state index in [0.717, 1.165) is 75.3 Å². The van der Waals surface area contributed by atoms with Crippen molar-refractivity contribution in [3.05, 3.63) is 35.9 Å². The maximum absolute atomic E-state index is 13.2. The van der Waals surface area contributed by atoms with Crippen LogP contribution in [0.1, 0.15) is 50.1 Å². The van der Waals surface area contributed by atoms with Gasteiger partial charge in [0, 0.05) is 38.1 Å². The van der Waals surface area contributed by atoms with Gasteiger partial charge in [-0.05, 0) is 68.9 Å². The van der Waals surface area contributed by atoms with Gasteiger partial charge in [-0.1, -0.05) is 30.3 Å². The Kier molecular flexibility index (Phi) is 6.26. The fourth-order valence-electron chi connectivity index (χ4n) is 7.19. The maximum Gasteiger partial charge on any atom is 0.239 e. The molecule has 2 amide bonds. The van der Waals surface area contributed by atoms with Crippen LogP contribution in [0, 0.1) is 23.2 Å². The van der Waals surface area contributed by atoms with Crippen molar-refractivity contribution in [2.75, 3.05) is 46.3 Å². The largest absolute Gasteiger partial charge is 0.347 e. The highest BCUT2D eigenvalue weighted by Crippen LogP contribution is 2.60. The monoisotopic (exact) mass is 438 g/mol. The molecule has 32 heavy (non-hydrogen) atoms. The molecule has 6 rings (SSSR count). The van der Waals surface area contributed by atoms with Crippen LogP contribution in [-0.4, -0.2) is 67.9 Å². The average molecular weight is 439 g/mol. The van der Waals surface area contributed by atoms with Crippen molar-refractivity contribution in [1.82, 2.24) is 20.4 Å². The number of carbonyl (C=O) groups is 2. The Labute approximate surface area is 192 Å². The lowest BCUT2D eigenvalue weighted by atomic mass is 9.49. The molecule has 1 heterocycles. The third kappa shape index (κ3) is 4.72. The lowest BCUT2D eigenvalue weighted by Crippen LogP contribution is -2.55. The summed E-state index contributed by atoms with van der Waals surface area (Å²) in [6.07, 6.45) is 7.04. The Morgan fingerprint density at radius 2 is 1.56 bits per heavy atom. The minimum Gasteiger partial charge on any atom is -0.347 e. The maximum atomic E-state index is 13.2. The van der Waals surface area contributed by atoms with Gasteiger partial charge in [0.2, 0.25) is 11.8 Å². The first-order valence-corrected chi connectivity index (χ1v) is 12.5. The standard InChI is InChI=1S/C26H38N4O2/c1-29-7-9-30(10-8-29)18-23(22-5-3-2-4-6-22)28-24(31)17-27-25(32)26-14-19-11-20(15-26)13-21(12-19)16-26/h2-6,19-21,23H,7-18H2,1H3,(H,27,32)(H,28,31). The summed E-state index contributed by atoms with van der Waals surface area (Å²) in [5, 5.41) is 6.25. The molecule has 6 heteroatoms. The zero-order valence-corrected chi connectivity index (χ0v) is 19.4. The van der Waals surface area contributed by atoms with Crippen molar-refractivity contribution in [3.63, 3.8) is 0 Å². The third-order valence-corrected chi connectivity index (χ3v) is 8.50. The van der Waals surface area contributed by atoms with Crippen LogP contribution >= 0.6 is 0 Å². The normalized spacial score (nSPS) is 33.1. The van der Waals surface area contributed by atoms with E-state index in [2.05, 4.69) is 39.6 Å². The number of piperazine rings is 1. The molecule has 5 fully saturated rings.